The summed E-state index contributed by atoms with van der Waals surface area (Å²) in [6.07, 6.45) is 1.69. The molecule has 0 aromatic heterocycles. The van der Waals surface area contributed by atoms with E-state index < -0.39 is 15.6 Å². The van der Waals surface area contributed by atoms with Crippen LogP contribution < -0.4 is 14.4 Å². The van der Waals surface area contributed by atoms with Crippen molar-refractivity contribution in [3.63, 3.8) is 0 Å². The number of hydrogen-bond acceptors (Lipinski definition) is 4. The van der Waals surface area contributed by atoms with Gasteiger partial charge in [0.2, 0.25) is 15.9 Å². The molecule has 0 spiro atoms. The number of hydrogen-bond donors (Lipinski definition) is 1. The van der Waals surface area contributed by atoms with E-state index in [1.165, 1.54) is 0 Å². The predicted octanol–water partition coefficient (Wildman–Crippen LogP) is 3.94. The van der Waals surface area contributed by atoms with E-state index in [-0.39, 0.29) is 18.5 Å². The molecule has 6 nitrogen and oxygen atoms in total. The molecular formula is C21H25BrN2O4S. The van der Waals surface area contributed by atoms with Crippen molar-refractivity contribution >= 4 is 37.5 Å². The van der Waals surface area contributed by atoms with Gasteiger partial charge < -0.3 is 10.1 Å². The molecule has 29 heavy (non-hydrogen) atoms. The summed E-state index contributed by atoms with van der Waals surface area (Å²) in [6.45, 7) is 5.51. The summed E-state index contributed by atoms with van der Waals surface area (Å²) in [7, 11) is -3.63. The van der Waals surface area contributed by atoms with Gasteiger partial charge in [0.1, 0.15) is 17.9 Å². The van der Waals surface area contributed by atoms with Crippen LogP contribution in [0.25, 0.3) is 0 Å². The molecule has 8 heteroatoms. The largest absolute Gasteiger partial charge is 0.487 e. The minimum Gasteiger partial charge on any atom is -0.487 e. The molecule has 0 bridgehead atoms. The van der Waals surface area contributed by atoms with Crippen LogP contribution in [-0.4, -0.2) is 32.7 Å². The Morgan fingerprint density at radius 3 is 2.62 bits per heavy atom. The van der Waals surface area contributed by atoms with Gasteiger partial charge in [0.05, 0.1) is 18.0 Å². The number of rotatable bonds is 5. The van der Waals surface area contributed by atoms with Gasteiger partial charge in [0.15, 0.2) is 0 Å². The highest BCUT2D eigenvalue weighted by Crippen LogP contribution is 2.39. The Kier molecular flexibility index (Phi) is 5.96. The van der Waals surface area contributed by atoms with E-state index in [2.05, 4.69) is 21.2 Å². The SMILES string of the molecule is Cc1cc(N(CC(=O)NC2CC(C)(C)Oc3ccccc32)S(C)(=O)=O)ccc1Br. The number of nitrogens with zero attached hydrogens (tertiary/aromatic N) is 1. The number of para-hydroxylation sites is 1. The predicted molar refractivity (Wildman–Crippen MR) is 118 cm³/mol. The second-order valence-electron chi connectivity index (χ2n) is 7.93. The summed E-state index contributed by atoms with van der Waals surface area (Å²) < 4.78 is 32.7. The molecule has 1 unspecified atom stereocenters. The second-order valence-corrected chi connectivity index (χ2v) is 10.7. The van der Waals surface area contributed by atoms with Gasteiger partial charge in [-0.25, -0.2) is 8.42 Å². The number of ether oxygens (including phenoxy) is 1. The summed E-state index contributed by atoms with van der Waals surface area (Å²) in [6, 6.07) is 12.5. The maximum absolute atomic E-state index is 12.8. The maximum atomic E-state index is 12.8. The van der Waals surface area contributed by atoms with Crippen LogP contribution in [-0.2, 0) is 14.8 Å². The Balaban J connectivity index is 1.83. The zero-order valence-electron chi connectivity index (χ0n) is 16.9. The third-order valence-electron chi connectivity index (χ3n) is 4.83. The molecule has 0 saturated heterocycles. The molecule has 1 heterocycles. The van der Waals surface area contributed by atoms with E-state index in [4.69, 9.17) is 4.74 Å². The third kappa shape index (κ3) is 5.11. The van der Waals surface area contributed by atoms with E-state index in [1.807, 2.05) is 45.0 Å². The molecule has 156 valence electrons. The number of nitrogens with one attached hydrogen (secondary N) is 1. The molecule has 0 radical (unpaired) electrons. The van der Waals surface area contributed by atoms with Crippen LogP contribution in [0.4, 0.5) is 5.69 Å². The van der Waals surface area contributed by atoms with Gasteiger partial charge in [-0.1, -0.05) is 34.1 Å². The lowest BCUT2D eigenvalue weighted by Crippen LogP contribution is -2.45. The number of carbonyl (C=O) groups excluding carboxylic acids is 1. The van der Waals surface area contributed by atoms with Gasteiger partial charge in [-0.2, -0.15) is 0 Å². The first-order valence-electron chi connectivity index (χ1n) is 9.27. The molecule has 0 aliphatic carbocycles. The average molecular weight is 481 g/mol. The topological polar surface area (TPSA) is 75.7 Å². The fourth-order valence-electron chi connectivity index (χ4n) is 3.49. The molecule has 1 aliphatic rings. The highest BCUT2D eigenvalue weighted by molar-refractivity contribution is 9.10. The molecule has 0 fully saturated rings. The van der Waals surface area contributed by atoms with E-state index in [9.17, 15) is 13.2 Å². The first kappa shape index (κ1) is 21.6. The van der Waals surface area contributed by atoms with Crippen LogP contribution >= 0.6 is 15.9 Å². The summed E-state index contributed by atoms with van der Waals surface area (Å²) in [5.41, 5.74) is 1.80. The first-order chi connectivity index (χ1) is 13.5. The monoisotopic (exact) mass is 480 g/mol. The molecule has 1 aliphatic heterocycles. The van der Waals surface area contributed by atoms with Crippen LogP contribution in [0.5, 0.6) is 5.75 Å². The number of halogens is 1. The number of sulfonamides is 1. The molecule has 0 saturated carbocycles. The number of fused-ring (bicyclic) bond motifs is 1. The van der Waals surface area contributed by atoms with Crippen molar-refractivity contribution in [3.8, 4) is 5.75 Å². The average Bonchev–Trinajstić information content (AvgIpc) is 2.60. The van der Waals surface area contributed by atoms with Crippen LogP contribution in [0.1, 0.15) is 37.4 Å². The first-order valence-corrected chi connectivity index (χ1v) is 11.9. The summed E-state index contributed by atoms with van der Waals surface area (Å²) in [5.74, 6) is 0.367. The number of benzene rings is 2. The molecule has 1 amide bonds. The van der Waals surface area contributed by atoms with Crippen molar-refractivity contribution in [3.05, 3.63) is 58.1 Å². The molecule has 3 rings (SSSR count). The number of aryl methyl sites for hydroxylation is 1. The zero-order valence-corrected chi connectivity index (χ0v) is 19.3. The summed E-state index contributed by atoms with van der Waals surface area (Å²) >= 11 is 3.41. The smallest absolute Gasteiger partial charge is 0.241 e. The molecule has 1 N–H and O–H groups in total. The Labute approximate surface area is 180 Å². The van der Waals surface area contributed by atoms with Crippen LogP contribution in [0, 0.1) is 6.92 Å². The van der Waals surface area contributed by atoms with Crippen molar-refractivity contribution in [1.29, 1.82) is 0 Å². The third-order valence-corrected chi connectivity index (χ3v) is 6.86. The molecule has 2 aromatic carbocycles. The van der Waals surface area contributed by atoms with Gasteiger partial charge in [0, 0.05) is 16.5 Å². The van der Waals surface area contributed by atoms with Gasteiger partial charge >= 0.3 is 0 Å². The van der Waals surface area contributed by atoms with Gasteiger partial charge in [0.25, 0.3) is 0 Å². The quantitative estimate of drug-likeness (QED) is 0.702. The van der Waals surface area contributed by atoms with E-state index in [1.54, 1.807) is 18.2 Å². The number of carbonyl (C=O) groups is 1. The van der Waals surface area contributed by atoms with Crippen LogP contribution in [0.3, 0.4) is 0 Å². The van der Waals surface area contributed by atoms with Crippen molar-refractivity contribution in [1.82, 2.24) is 5.32 Å². The Hall–Kier alpha value is -2.06. The minimum atomic E-state index is -3.63. The summed E-state index contributed by atoms with van der Waals surface area (Å²) in [5, 5.41) is 2.99. The Morgan fingerprint density at radius 2 is 1.97 bits per heavy atom. The van der Waals surface area contributed by atoms with E-state index in [0.29, 0.717) is 12.1 Å². The lowest BCUT2D eigenvalue weighted by Gasteiger charge is -2.38. The van der Waals surface area contributed by atoms with Gasteiger partial charge in [-0.15, -0.1) is 0 Å². The van der Waals surface area contributed by atoms with Crippen molar-refractivity contribution in [2.24, 2.45) is 0 Å². The highest BCUT2D eigenvalue weighted by atomic mass is 79.9. The standard InChI is InChI=1S/C21H25BrN2O4S/c1-14-11-15(9-10-17(14)22)24(29(4,26)27)13-20(25)23-18-12-21(2,3)28-19-8-6-5-7-16(18)19/h5-11,18H,12-13H2,1-4H3,(H,23,25). The highest BCUT2D eigenvalue weighted by Gasteiger charge is 2.34. The molecule has 2 aromatic rings. The normalized spacial score (nSPS) is 17.8. The fourth-order valence-corrected chi connectivity index (χ4v) is 4.58. The number of anilines is 1. The van der Waals surface area contributed by atoms with Crippen molar-refractivity contribution in [2.45, 2.75) is 38.8 Å². The second kappa shape index (κ2) is 7.99. The van der Waals surface area contributed by atoms with E-state index in [0.717, 1.165) is 31.9 Å². The fraction of sp³-hybridized carbons (Fsp3) is 0.381. The zero-order chi connectivity index (χ0) is 21.4. The summed E-state index contributed by atoms with van der Waals surface area (Å²) in [4.78, 5) is 12.8. The number of amides is 1. The van der Waals surface area contributed by atoms with Crippen LogP contribution in [0.2, 0.25) is 0 Å². The van der Waals surface area contributed by atoms with Crippen molar-refractivity contribution in [2.75, 3.05) is 17.1 Å². The van der Waals surface area contributed by atoms with Crippen molar-refractivity contribution < 1.29 is 17.9 Å². The minimum absolute atomic E-state index is 0.254. The van der Waals surface area contributed by atoms with E-state index >= 15 is 0 Å². The molecular weight excluding hydrogens is 456 g/mol. The molecule has 1 atom stereocenters. The maximum Gasteiger partial charge on any atom is 0.241 e. The lowest BCUT2D eigenvalue weighted by atomic mass is 9.89. The lowest BCUT2D eigenvalue weighted by molar-refractivity contribution is -0.120. The van der Waals surface area contributed by atoms with Gasteiger partial charge in [-0.05, 0) is 50.6 Å². The Bertz CT molecular complexity index is 1040. The van der Waals surface area contributed by atoms with Gasteiger partial charge in [-0.3, -0.25) is 9.10 Å². The van der Waals surface area contributed by atoms with Crippen LogP contribution in [0.15, 0.2) is 46.9 Å². The Morgan fingerprint density at radius 1 is 1.28 bits per heavy atom.